The third kappa shape index (κ3) is 4.92. The van der Waals surface area contributed by atoms with E-state index < -0.39 is 16.8 Å². The summed E-state index contributed by atoms with van der Waals surface area (Å²) in [5, 5.41) is 11.2. The number of aromatic nitrogens is 1. The fourth-order valence-electron chi connectivity index (χ4n) is 3.22. The monoisotopic (exact) mass is 457 g/mol. The molecule has 0 bridgehead atoms. The lowest BCUT2D eigenvalue weighted by atomic mass is 10.1. The van der Waals surface area contributed by atoms with Gasteiger partial charge in [-0.05, 0) is 45.0 Å². The van der Waals surface area contributed by atoms with Crippen LogP contribution in [-0.2, 0) is 16.0 Å². The molecule has 0 atom stereocenters. The highest BCUT2D eigenvalue weighted by atomic mass is 32.1. The SMILES string of the molecule is CCOCCn1c(=NC(=O)c2cccc([N+](=O)[O-])c2C)sc2cc(C(=O)OCC)ccc21. The minimum atomic E-state index is -0.575. The van der Waals surface area contributed by atoms with E-state index in [9.17, 15) is 19.7 Å². The lowest BCUT2D eigenvalue weighted by Crippen LogP contribution is -2.20. The normalized spacial score (nSPS) is 11.7. The summed E-state index contributed by atoms with van der Waals surface area (Å²) in [7, 11) is 0. The fourth-order valence-corrected chi connectivity index (χ4v) is 4.31. The van der Waals surface area contributed by atoms with Crippen molar-refractivity contribution >= 4 is 39.1 Å². The number of thiazole rings is 1. The standard InChI is InChI=1S/C22H23N3O6S/c1-4-30-12-11-24-18-10-9-15(21(27)31-5-2)13-19(18)32-22(24)23-20(26)16-7-6-8-17(14(16)3)25(28)29/h6-10,13H,4-5,11-12H2,1-3H3. The van der Waals surface area contributed by atoms with Crippen LogP contribution in [0.3, 0.4) is 0 Å². The van der Waals surface area contributed by atoms with Crippen LogP contribution in [0.4, 0.5) is 5.69 Å². The van der Waals surface area contributed by atoms with E-state index in [0.717, 1.165) is 10.2 Å². The highest BCUT2D eigenvalue weighted by Gasteiger charge is 2.18. The molecule has 32 heavy (non-hydrogen) atoms. The molecule has 3 rings (SSSR count). The zero-order valence-electron chi connectivity index (χ0n) is 18.0. The molecule has 1 heterocycles. The third-order valence-electron chi connectivity index (χ3n) is 4.79. The summed E-state index contributed by atoms with van der Waals surface area (Å²) in [4.78, 5) is 40.4. The van der Waals surface area contributed by atoms with E-state index in [1.54, 1.807) is 25.1 Å². The first-order valence-corrected chi connectivity index (χ1v) is 10.9. The molecule has 0 fully saturated rings. The molecule has 0 aliphatic rings. The number of nitro benzene ring substituents is 1. The van der Waals surface area contributed by atoms with Gasteiger partial charge in [0.1, 0.15) is 0 Å². The number of nitrogens with zero attached hydrogens (tertiary/aromatic N) is 3. The highest BCUT2D eigenvalue weighted by Crippen LogP contribution is 2.23. The van der Waals surface area contributed by atoms with Gasteiger partial charge in [0.15, 0.2) is 4.80 Å². The molecule has 0 aliphatic heterocycles. The molecular weight excluding hydrogens is 434 g/mol. The number of nitro groups is 1. The zero-order valence-corrected chi connectivity index (χ0v) is 18.8. The van der Waals surface area contributed by atoms with Gasteiger partial charge in [0, 0.05) is 24.8 Å². The predicted octanol–water partition coefficient (Wildman–Crippen LogP) is 3.87. The Morgan fingerprint density at radius 3 is 2.66 bits per heavy atom. The third-order valence-corrected chi connectivity index (χ3v) is 5.83. The van der Waals surface area contributed by atoms with E-state index in [2.05, 4.69) is 4.99 Å². The second-order valence-corrected chi connectivity index (χ2v) is 7.77. The molecule has 2 aromatic carbocycles. The minimum Gasteiger partial charge on any atom is -0.462 e. The molecule has 10 heteroatoms. The highest BCUT2D eigenvalue weighted by molar-refractivity contribution is 7.16. The van der Waals surface area contributed by atoms with E-state index in [0.29, 0.717) is 30.1 Å². The second kappa shape index (κ2) is 10.3. The fraction of sp³-hybridized carbons (Fsp3) is 0.318. The molecule has 9 nitrogen and oxygen atoms in total. The maximum Gasteiger partial charge on any atom is 0.338 e. The quantitative estimate of drug-likeness (QED) is 0.220. The number of carbonyl (C=O) groups excluding carboxylic acids is 2. The number of hydrogen-bond acceptors (Lipinski definition) is 7. The summed E-state index contributed by atoms with van der Waals surface area (Å²) in [5.74, 6) is -1.00. The Kier molecular flexibility index (Phi) is 7.49. The number of carbonyl (C=O) groups is 2. The van der Waals surface area contributed by atoms with E-state index in [1.165, 1.54) is 36.5 Å². The van der Waals surface area contributed by atoms with Crippen molar-refractivity contribution in [1.29, 1.82) is 0 Å². The predicted molar refractivity (Wildman–Crippen MR) is 120 cm³/mol. The average Bonchev–Trinajstić information content (AvgIpc) is 3.10. The lowest BCUT2D eigenvalue weighted by molar-refractivity contribution is -0.385. The summed E-state index contributed by atoms with van der Waals surface area (Å²) in [6, 6.07) is 9.49. The Morgan fingerprint density at radius 2 is 1.97 bits per heavy atom. The molecule has 1 amide bonds. The van der Waals surface area contributed by atoms with Crippen LogP contribution in [0.15, 0.2) is 41.4 Å². The lowest BCUT2D eigenvalue weighted by Gasteiger charge is -2.06. The van der Waals surface area contributed by atoms with Crippen molar-refractivity contribution in [2.45, 2.75) is 27.3 Å². The van der Waals surface area contributed by atoms with Gasteiger partial charge in [-0.1, -0.05) is 17.4 Å². The van der Waals surface area contributed by atoms with Crippen molar-refractivity contribution in [3.63, 3.8) is 0 Å². The summed E-state index contributed by atoms with van der Waals surface area (Å²) in [5.41, 5.74) is 1.50. The first kappa shape index (κ1) is 23.3. The van der Waals surface area contributed by atoms with E-state index in [1.807, 2.05) is 11.5 Å². The minimum absolute atomic E-state index is 0.134. The van der Waals surface area contributed by atoms with Gasteiger partial charge in [0.05, 0.1) is 39.5 Å². The van der Waals surface area contributed by atoms with Gasteiger partial charge < -0.3 is 14.0 Å². The summed E-state index contributed by atoms with van der Waals surface area (Å²) >= 11 is 1.25. The van der Waals surface area contributed by atoms with Crippen molar-refractivity contribution in [2.75, 3.05) is 19.8 Å². The Balaban J connectivity index is 2.10. The van der Waals surface area contributed by atoms with Crippen LogP contribution in [-0.4, -0.2) is 41.2 Å². The smallest absolute Gasteiger partial charge is 0.338 e. The van der Waals surface area contributed by atoms with Gasteiger partial charge in [0.25, 0.3) is 11.6 Å². The maximum atomic E-state index is 12.9. The average molecular weight is 458 g/mol. The number of amides is 1. The Morgan fingerprint density at radius 1 is 1.19 bits per heavy atom. The number of rotatable bonds is 8. The van der Waals surface area contributed by atoms with E-state index in [-0.39, 0.29) is 23.4 Å². The molecule has 3 aromatic rings. The van der Waals surface area contributed by atoms with Gasteiger partial charge in [-0.2, -0.15) is 4.99 Å². The van der Waals surface area contributed by atoms with Crippen LogP contribution >= 0.6 is 11.3 Å². The zero-order chi connectivity index (χ0) is 23.3. The number of fused-ring (bicyclic) bond motifs is 1. The van der Waals surface area contributed by atoms with E-state index >= 15 is 0 Å². The number of esters is 1. The van der Waals surface area contributed by atoms with Crippen molar-refractivity contribution in [2.24, 2.45) is 4.99 Å². The molecule has 168 valence electrons. The molecule has 0 N–H and O–H groups in total. The first-order valence-electron chi connectivity index (χ1n) is 10.1. The number of ether oxygens (including phenoxy) is 2. The largest absolute Gasteiger partial charge is 0.462 e. The van der Waals surface area contributed by atoms with Crippen molar-refractivity contribution in [3.05, 3.63) is 68.0 Å². The van der Waals surface area contributed by atoms with Gasteiger partial charge in [-0.25, -0.2) is 4.79 Å². The summed E-state index contributed by atoms with van der Waals surface area (Å²) < 4.78 is 13.1. The Bertz CT molecular complexity index is 1240. The Labute approximate surface area is 188 Å². The maximum absolute atomic E-state index is 12.9. The van der Waals surface area contributed by atoms with Crippen LogP contribution in [0.5, 0.6) is 0 Å². The summed E-state index contributed by atoms with van der Waals surface area (Å²) in [6.07, 6.45) is 0. The Hall–Kier alpha value is -3.37. The van der Waals surface area contributed by atoms with Crippen molar-refractivity contribution in [3.8, 4) is 0 Å². The molecule has 1 aromatic heterocycles. The summed E-state index contributed by atoms with van der Waals surface area (Å²) in [6.45, 7) is 6.84. The number of hydrogen-bond donors (Lipinski definition) is 0. The molecule has 0 spiro atoms. The van der Waals surface area contributed by atoms with Crippen LogP contribution in [0.2, 0.25) is 0 Å². The van der Waals surface area contributed by atoms with Crippen LogP contribution in [0, 0.1) is 17.0 Å². The molecule has 0 unspecified atom stereocenters. The second-order valence-electron chi connectivity index (χ2n) is 6.76. The van der Waals surface area contributed by atoms with Crippen LogP contribution in [0.1, 0.15) is 40.1 Å². The molecule has 0 radical (unpaired) electrons. The van der Waals surface area contributed by atoms with Crippen LogP contribution in [0.25, 0.3) is 10.2 Å². The molecular formula is C22H23N3O6S. The topological polar surface area (TPSA) is 113 Å². The van der Waals surface area contributed by atoms with Gasteiger partial charge in [-0.15, -0.1) is 0 Å². The van der Waals surface area contributed by atoms with Gasteiger partial charge in [0.2, 0.25) is 0 Å². The van der Waals surface area contributed by atoms with Crippen LogP contribution < -0.4 is 4.80 Å². The van der Waals surface area contributed by atoms with Crippen molar-refractivity contribution in [1.82, 2.24) is 4.57 Å². The van der Waals surface area contributed by atoms with Gasteiger partial charge >= 0.3 is 5.97 Å². The van der Waals surface area contributed by atoms with E-state index in [4.69, 9.17) is 9.47 Å². The molecule has 0 aliphatic carbocycles. The molecule has 0 saturated carbocycles. The number of benzene rings is 2. The van der Waals surface area contributed by atoms with Gasteiger partial charge in [-0.3, -0.25) is 14.9 Å². The van der Waals surface area contributed by atoms with Crippen molar-refractivity contribution < 1.29 is 24.0 Å². The molecule has 0 saturated heterocycles. The first-order chi connectivity index (χ1) is 15.4.